The normalized spacial score (nSPS) is 30.8. The molecular formula is C17H26N2O. The van der Waals surface area contributed by atoms with Gasteiger partial charge >= 0.3 is 0 Å². The van der Waals surface area contributed by atoms with Crippen LogP contribution in [0.5, 0.6) is 0 Å². The molecule has 1 aromatic carbocycles. The fraction of sp³-hybridized carbons (Fsp3) is 0.647. The van der Waals surface area contributed by atoms with Crippen molar-refractivity contribution in [1.29, 1.82) is 0 Å². The van der Waals surface area contributed by atoms with E-state index in [4.69, 9.17) is 4.74 Å². The van der Waals surface area contributed by atoms with E-state index < -0.39 is 0 Å². The zero-order valence-corrected chi connectivity index (χ0v) is 13.2. The van der Waals surface area contributed by atoms with Crippen LogP contribution in [0.15, 0.2) is 24.3 Å². The summed E-state index contributed by atoms with van der Waals surface area (Å²) in [5, 5.41) is 3.53. The van der Waals surface area contributed by atoms with Gasteiger partial charge in [0, 0.05) is 12.6 Å². The zero-order chi connectivity index (χ0) is 14.5. The van der Waals surface area contributed by atoms with Crippen molar-refractivity contribution in [1.82, 2.24) is 0 Å². The first kappa shape index (κ1) is 13.7. The molecule has 2 aliphatic heterocycles. The lowest BCUT2D eigenvalue weighted by Gasteiger charge is -2.45. The van der Waals surface area contributed by atoms with Gasteiger partial charge in [-0.3, -0.25) is 0 Å². The number of rotatable bonds is 1. The van der Waals surface area contributed by atoms with Crippen LogP contribution in [0, 0.1) is 0 Å². The third-order valence-electron chi connectivity index (χ3n) is 4.61. The maximum atomic E-state index is 6.30. The fourth-order valence-corrected chi connectivity index (χ4v) is 3.88. The van der Waals surface area contributed by atoms with Crippen LogP contribution in [0.25, 0.3) is 0 Å². The molecular weight excluding hydrogens is 248 g/mol. The average Bonchev–Trinajstić information content (AvgIpc) is 2.57. The molecule has 0 aliphatic carbocycles. The monoisotopic (exact) mass is 274 g/mol. The number of hydrogen-bond acceptors (Lipinski definition) is 3. The van der Waals surface area contributed by atoms with Crippen molar-refractivity contribution in [2.45, 2.75) is 64.3 Å². The highest BCUT2D eigenvalue weighted by Gasteiger charge is 2.50. The third-order valence-corrected chi connectivity index (χ3v) is 4.61. The van der Waals surface area contributed by atoms with Crippen molar-refractivity contribution in [2.24, 2.45) is 0 Å². The maximum absolute atomic E-state index is 6.30. The van der Waals surface area contributed by atoms with Crippen molar-refractivity contribution in [2.75, 3.05) is 16.8 Å². The van der Waals surface area contributed by atoms with Crippen LogP contribution < -0.4 is 10.2 Å². The Hall–Kier alpha value is -1.22. The number of para-hydroxylation sites is 2. The topological polar surface area (TPSA) is 24.5 Å². The molecule has 2 heterocycles. The minimum absolute atomic E-state index is 0.0479. The van der Waals surface area contributed by atoms with Gasteiger partial charge in [0.2, 0.25) is 0 Å². The van der Waals surface area contributed by atoms with Crippen molar-refractivity contribution in [3.63, 3.8) is 0 Å². The second-order valence-corrected chi connectivity index (χ2v) is 7.34. The third kappa shape index (κ3) is 2.18. The largest absolute Gasteiger partial charge is 0.381 e. The lowest BCUT2D eigenvalue weighted by Crippen LogP contribution is -2.54. The smallest absolute Gasteiger partial charge is 0.0837 e. The highest BCUT2D eigenvalue weighted by atomic mass is 16.5. The lowest BCUT2D eigenvalue weighted by molar-refractivity contribution is -0.0682. The van der Waals surface area contributed by atoms with Gasteiger partial charge in [-0.05, 0) is 53.2 Å². The summed E-state index contributed by atoms with van der Waals surface area (Å²) in [6.45, 7) is 12.1. The Bertz CT molecular complexity index is 509. The van der Waals surface area contributed by atoms with Gasteiger partial charge in [0.1, 0.15) is 0 Å². The van der Waals surface area contributed by atoms with Gasteiger partial charge in [0.15, 0.2) is 0 Å². The molecule has 0 bridgehead atoms. The standard InChI is InChI=1S/C17H26N2O/c1-12-11-18-13-8-6-7-9-14(13)19(12)15-10-16(2,3)20-17(15,4)5/h6-9,12,15,18H,10-11H2,1-5H3. The molecule has 110 valence electrons. The summed E-state index contributed by atoms with van der Waals surface area (Å²) in [4.78, 5) is 2.57. The average molecular weight is 274 g/mol. The summed E-state index contributed by atoms with van der Waals surface area (Å²) in [7, 11) is 0. The maximum Gasteiger partial charge on any atom is 0.0837 e. The van der Waals surface area contributed by atoms with E-state index in [0.29, 0.717) is 12.1 Å². The molecule has 0 aromatic heterocycles. The van der Waals surface area contributed by atoms with E-state index in [1.54, 1.807) is 0 Å². The first-order chi connectivity index (χ1) is 9.30. The van der Waals surface area contributed by atoms with Crippen molar-refractivity contribution >= 4 is 11.4 Å². The van der Waals surface area contributed by atoms with Gasteiger partial charge < -0.3 is 15.0 Å². The van der Waals surface area contributed by atoms with E-state index in [2.05, 4.69) is 69.1 Å². The summed E-state index contributed by atoms with van der Waals surface area (Å²) < 4.78 is 6.30. The predicted molar refractivity (Wildman–Crippen MR) is 84.5 cm³/mol. The van der Waals surface area contributed by atoms with E-state index in [-0.39, 0.29) is 11.2 Å². The van der Waals surface area contributed by atoms with Gasteiger partial charge in [0.05, 0.1) is 28.6 Å². The predicted octanol–water partition coefficient (Wildman–Crippen LogP) is 3.65. The van der Waals surface area contributed by atoms with Crippen LogP contribution >= 0.6 is 0 Å². The van der Waals surface area contributed by atoms with Crippen LogP contribution in [-0.4, -0.2) is 29.8 Å². The quantitative estimate of drug-likeness (QED) is 0.846. The number of hydrogen-bond donors (Lipinski definition) is 1. The highest BCUT2D eigenvalue weighted by Crippen LogP contribution is 2.44. The first-order valence-electron chi connectivity index (χ1n) is 7.62. The van der Waals surface area contributed by atoms with Gasteiger partial charge in [-0.25, -0.2) is 0 Å². The molecule has 1 N–H and O–H groups in total. The molecule has 0 saturated carbocycles. The van der Waals surface area contributed by atoms with E-state index >= 15 is 0 Å². The Morgan fingerprint density at radius 2 is 1.90 bits per heavy atom. The Balaban J connectivity index is 2.01. The minimum Gasteiger partial charge on any atom is -0.381 e. The number of nitrogens with zero attached hydrogens (tertiary/aromatic N) is 1. The highest BCUT2D eigenvalue weighted by molar-refractivity contribution is 5.73. The SMILES string of the molecule is CC1CNc2ccccc2N1C1CC(C)(C)OC1(C)C. The number of fused-ring (bicyclic) bond motifs is 1. The lowest BCUT2D eigenvalue weighted by atomic mass is 9.90. The first-order valence-corrected chi connectivity index (χ1v) is 7.62. The summed E-state index contributed by atoms with van der Waals surface area (Å²) in [6, 6.07) is 9.50. The molecule has 1 aromatic rings. The summed E-state index contributed by atoms with van der Waals surface area (Å²) in [5.74, 6) is 0. The summed E-state index contributed by atoms with van der Waals surface area (Å²) in [6.07, 6.45) is 1.07. The zero-order valence-electron chi connectivity index (χ0n) is 13.2. The van der Waals surface area contributed by atoms with Crippen LogP contribution in [-0.2, 0) is 4.74 Å². The molecule has 2 atom stereocenters. The molecule has 0 amide bonds. The Labute approximate surface area is 122 Å². The van der Waals surface area contributed by atoms with E-state index in [1.165, 1.54) is 11.4 Å². The van der Waals surface area contributed by atoms with Crippen LogP contribution in [0.1, 0.15) is 41.0 Å². The van der Waals surface area contributed by atoms with Crippen LogP contribution in [0.3, 0.4) is 0 Å². The molecule has 2 unspecified atom stereocenters. The van der Waals surface area contributed by atoms with Gasteiger partial charge in [-0.2, -0.15) is 0 Å². The molecule has 1 saturated heterocycles. The number of ether oxygens (including phenoxy) is 1. The Kier molecular flexibility index (Phi) is 3.02. The summed E-state index contributed by atoms with van der Waals surface area (Å²) in [5.41, 5.74) is 2.38. The number of nitrogens with one attached hydrogen (secondary N) is 1. The summed E-state index contributed by atoms with van der Waals surface area (Å²) >= 11 is 0. The van der Waals surface area contributed by atoms with E-state index in [0.717, 1.165) is 13.0 Å². The van der Waals surface area contributed by atoms with Crippen molar-refractivity contribution in [3.05, 3.63) is 24.3 Å². The molecule has 0 spiro atoms. The molecule has 0 radical (unpaired) electrons. The van der Waals surface area contributed by atoms with Gasteiger partial charge in [-0.1, -0.05) is 12.1 Å². The van der Waals surface area contributed by atoms with Crippen LogP contribution in [0.2, 0.25) is 0 Å². The molecule has 1 fully saturated rings. The van der Waals surface area contributed by atoms with E-state index in [1.807, 2.05) is 0 Å². The molecule has 3 rings (SSSR count). The van der Waals surface area contributed by atoms with Crippen molar-refractivity contribution in [3.8, 4) is 0 Å². The molecule has 2 aliphatic rings. The second kappa shape index (κ2) is 4.39. The number of benzene rings is 1. The van der Waals surface area contributed by atoms with Crippen molar-refractivity contribution < 1.29 is 4.74 Å². The van der Waals surface area contributed by atoms with Gasteiger partial charge in [0.25, 0.3) is 0 Å². The van der Waals surface area contributed by atoms with Crippen LogP contribution in [0.4, 0.5) is 11.4 Å². The molecule has 3 nitrogen and oxygen atoms in total. The molecule has 3 heteroatoms. The minimum atomic E-state index is -0.123. The Morgan fingerprint density at radius 1 is 1.20 bits per heavy atom. The van der Waals surface area contributed by atoms with E-state index in [9.17, 15) is 0 Å². The molecule has 20 heavy (non-hydrogen) atoms. The second-order valence-electron chi connectivity index (χ2n) is 7.34. The Morgan fingerprint density at radius 3 is 2.55 bits per heavy atom. The number of anilines is 2. The van der Waals surface area contributed by atoms with Gasteiger partial charge in [-0.15, -0.1) is 0 Å². The fourth-order valence-electron chi connectivity index (χ4n) is 3.88.